The van der Waals surface area contributed by atoms with Gasteiger partial charge in [0.1, 0.15) is 0 Å². The van der Waals surface area contributed by atoms with Crippen molar-refractivity contribution in [2.24, 2.45) is 0 Å². The lowest BCUT2D eigenvalue weighted by Gasteiger charge is -2.17. The molecule has 1 N–H and O–H groups in total. The Hall–Kier alpha value is -1.98. The number of nitrogens with one attached hydrogen (secondary N) is 1. The fraction of sp³-hybridized carbons (Fsp3) is 0.176. The summed E-state index contributed by atoms with van der Waals surface area (Å²) < 4.78 is 0. The van der Waals surface area contributed by atoms with Gasteiger partial charge in [-0.05, 0) is 30.7 Å². The molecular weight excluding hydrogens is 330 g/mol. The first kappa shape index (κ1) is 14.6. The van der Waals surface area contributed by atoms with E-state index in [9.17, 15) is 4.79 Å². The average Bonchev–Trinajstić information content (AvgIpc) is 3.12. The van der Waals surface area contributed by atoms with Crippen LogP contribution in [0.4, 0.5) is 5.69 Å². The molecule has 3 aromatic rings. The van der Waals surface area contributed by atoms with Crippen molar-refractivity contribution in [3.63, 3.8) is 0 Å². The molecule has 4 rings (SSSR count). The largest absolute Gasteiger partial charge is 0.333 e. The number of hydrogen-bond acceptors (Lipinski definition) is 3. The molecule has 4 nitrogen and oxygen atoms in total. The van der Waals surface area contributed by atoms with Crippen molar-refractivity contribution >= 4 is 46.0 Å². The van der Waals surface area contributed by atoms with Crippen molar-refractivity contribution in [2.75, 3.05) is 11.4 Å². The first-order valence-electron chi connectivity index (χ1n) is 7.40. The van der Waals surface area contributed by atoms with Crippen LogP contribution in [0.2, 0.25) is 5.02 Å². The van der Waals surface area contributed by atoms with Crippen LogP contribution in [0.5, 0.6) is 0 Å². The minimum atomic E-state index is -0.133. The average molecular weight is 344 g/mol. The molecule has 1 saturated heterocycles. The van der Waals surface area contributed by atoms with Crippen molar-refractivity contribution in [2.45, 2.75) is 16.8 Å². The molecule has 0 spiro atoms. The third kappa shape index (κ3) is 2.71. The number of halogens is 1. The van der Waals surface area contributed by atoms with E-state index in [4.69, 9.17) is 11.6 Å². The Morgan fingerprint density at radius 2 is 1.96 bits per heavy atom. The number of H-pyrrole nitrogens is 1. The van der Waals surface area contributed by atoms with Gasteiger partial charge < -0.3 is 9.88 Å². The van der Waals surface area contributed by atoms with Crippen LogP contribution in [0.3, 0.4) is 0 Å². The third-order valence-electron chi connectivity index (χ3n) is 3.92. The maximum Gasteiger partial charge on any atom is 0.240 e. The number of aromatic nitrogens is 2. The molecule has 0 aliphatic carbocycles. The van der Waals surface area contributed by atoms with Crippen molar-refractivity contribution < 1.29 is 4.79 Å². The zero-order valence-corrected chi connectivity index (χ0v) is 13.8. The lowest BCUT2D eigenvalue weighted by Crippen LogP contribution is -2.28. The Bertz CT molecular complexity index is 846. The first-order valence-corrected chi connectivity index (χ1v) is 8.65. The van der Waals surface area contributed by atoms with Gasteiger partial charge in [-0.3, -0.25) is 4.79 Å². The molecule has 0 bridgehead atoms. The van der Waals surface area contributed by atoms with Gasteiger partial charge in [0.05, 0.1) is 27.0 Å². The molecule has 23 heavy (non-hydrogen) atoms. The highest BCUT2D eigenvalue weighted by Gasteiger charge is 2.34. The van der Waals surface area contributed by atoms with E-state index >= 15 is 0 Å². The molecule has 0 unspecified atom stereocenters. The second-order valence-electron chi connectivity index (χ2n) is 5.40. The van der Waals surface area contributed by atoms with E-state index in [0.29, 0.717) is 11.6 Å². The van der Waals surface area contributed by atoms with Crippen LogP contribution in [-0.4, -0.2) is 27.7 Å². The molecule has 1 aromatic heterocycles. The van der Waals surface area contributed by atoms with E-state index in [1.54, 1.807) is 4.90 Å². The predicted octanol–water partition coefficient (Wildman–Crippen LogP) is 4.11. The number of benzene rings is 2. The Labute approximate surface area is 142 Å². The summed E-state index contributed by atoms with van der Waals surface area (Å²) in [6.45, 7) is 0.681. The Balaban J connectivity index is 1.55. The van der Waals surface area contributed by atoms with Crippen LogP contribution in [0.1, 0.15) is 6.42 Å². The number of amides is 1. The standard InChI is InChI=1S/C17H14ClN3OS/c18-11-5-1-4-8-14(11)21-10-9-15(16(21)22)23-17-19-12-6-2-3-7-13(12)20-17/h1-8,15H,9-10H2,(H,19,20)/t15-/m0/s1. The van der Waals surface area contributed by atoms with Gasteiger partial charge in [0.25, 0.3) is 0 Å². The number of hydrogen-bond donors (Lipinski definition) is 1. The number of nitrogens with zero attached hydrogens (tertiary/aromatic N) is 2. The molecule has 0 radical (unpaired) electrons. The van der Waals surface area contributed by atoms with Gasteiger partial charge in [-0.2, -0.15) is 0 Å². The number of aromatic amines is 1. The molecule has 116 valence electrons. The Morgan fingerprint density at radius 3 is 2.78 bits per heavy atom. The number of fused-ring (bicyclic) bond motifs is 1. The lowest BCUT2D eigenvalue weighted by molar-refractivity contribution is -0.116. The molecule has 1 amide bonds. The van der Waals surface area contributed by atoms with E-state index < -0.39 is 0 Å². The Morgan fingerprint density at radius 1 is 1.17 bits per heavy atom. The molecule has 6 heteroatoms. The van der Waals surface area contributed by atoms with E-state index in [-0.39, 0.29) is 11.2 Å². The van der Waals surface area contributed by atoms with E-state index in [1.165, 1.54) is 11.8 Å². The van der Waals surface area contributed by atoms with Crippen molar-refractivity contribution in [3.8, 4) is 0 Å². The summed E-state index contributed by atoms with van der Waals surface area (Å²) in [5, 5.41) is 1.26. The molecule has 1 aliphatic heterocycles. The number of anilines is 1. The van der Waals surface area contributed by atoms with Crippen molar-refractivity contribution in [3.05, 3.63) is 53.6 Å². The van der Waals surface area contributed by atoms with Crippen LogP contribution in [0.25, 0.3) is 11.0 Å². The summed E-state index contributed by atoms with van der Waals surface area (Å²) in [6, 6.07) is 15.3. The highest BCUT2D eigenvalue weighted by atomic mass is 35.5. The van der Waals surface area contributed by atoms with Crippen LogP contribution in [-0.2, 0) is 4.79 Å². The van der Waals surface area contributed by atoms with Gasteiger partial charge in [-0.1, -0.05) is 47.6 Å². The number of carbonyl (C=O) groups is 1. The van der Waals surface area contributed by atoms with Crippen molar-refractivity contribution in [1.29, 1.82) is 0 Å². The molecular formula is C17H14ClN3OS. The molecule has 2 aromatic carbocycles. The zero-order valence-electron chi connectivity index (χ0n) is 12.2. The summed E-state index contributed by atoms with van der Waals surface area (Å²) in [7, 11) is 0. The third-order valence-corrected chi connectivity index (χ3v) is 5.38. The van der Waals surface area contributed by atoms with E-state index in [2.05, 4.69) is 9.97 Å². The minimum absolute atomic E-state index is 0.0866. The number of thioether (sulfide) groups is 1. The van der Waals surface area contributed by atoms with Gasteiger partial charge >= 0.3 is 0 Å². The van der Waals surface area contributed by atoms with Crippen LogP contribution >= 0.6 is 23.4 Å². The minimum Gasteiger partial charge on any atom is -0.333 e. The summed E-state index contributed by atoms with van der Waals surface area (Å²) in [5.74, 6) is 0.0866. The smallest absolute Gasteiger partial charge is 0.240 e. The number of imidazole rings is 1. The summed E-state index contributed by atoms with van der Waals surface area (Å²) >= 11 is 7.70. The van der Waals surface area contributed by atoms with Crippen LogP contribution < -0.4 is 4.90 Å². The molecule has 0 saturated carbocycles. The van der Waals surface area contributed by atoms with Crippen LogP contribution in [0.15, 0.2) is 53.7 Å². The zero-order chi connectivity index (χ0) is 15.8. The SMILES string of the molecule is O=C1[C@@H](Sc2nc3ccccc3[nH]2)CCN1c1ccccc1Cl. The quantitative estimate of drug-likeness (QED) is 0.778. The summed E-state index contributed by atoms with van der Waals surface area (Å²) in [4.78, 5) is 22.2. The Kier molecular flexibility index (Phi) is 3.75. The first-order chi connectivity index (χ1) is 11.2. The van der Waals surface area contributed by atoms with Gasteiger partial charge in [-0.15, -0.1) is 0 Å². The van der Waals surface area contributed by atoms with Crippen LogP contribution in [0, 0.1) is 0 Å². The number of carbonyl (C=O) groups excluding carboxylic acids is 1. The molecule has 1 fully saturated rings. The topological polar surface area (TPSA) is 49.0 Å². The fourth-order valence-corrected chi connectivity index (χ4v) is 4.07. The van der Waals surface area contributed by atoms with Gasteiger partial charge in [-0.25, -0.2) is 4.98 Å². The van der Waals surface area contributed by atoms with Crippen molar-refractivity contribution in [1.82, 2.24) is 9.97 Å². The van der Waals surface area contributed by atoms with Gasteiger partial charge in [0.15, 0.2) is 5.16 Å². The fourth-order valence-electron chi connectivity index (χ4n) is 2.79. The normalized spacial score (nSPS) is 18.0. The van der Waals surface area contributed by atoms with E-state index in [0.717, 1.165) is 28.3 Å². The number of para-hydroxylation sites is 3. The second kappa shape index (κ2) is 5.91. The number of rotatable bonds is 3. The maximum atomic E-state index is 12.7. The van der Waals surface area contributed by atoms with E-state index in [1.807, 2.05) is 48.5 Å². The van der Waals surface area contributed by atoms with Gasteiger partial charge in [0, 0.05) is 6.54 Å². The molecule has 2 heterocycles. The monoisotopic (exact) mass is 343 g/mol. The lowest BCUT2D eigenvalue weighted by atomic mass is 10.3. The molecule has 1 atom stereocenters. The summed E-state index contributed by atoms with van der Waals surface area (Å²) in [5.41, 5.74) is 2.69. The summed E-state index contributed by atoms with van der Waals surface area (Å²) in [6.07, 6.45) is 0.784. The van der Waals surface area contributed by atoms with Gasteiger partial charge in [0.2, 0.25) is 5.91 Å². The highest BCUT2D eigenvalue weighted by Crippen LogP contribution is 2.35. The predicted molar refractivity (Wildman–Crippen MR) is 94.2 cm³/mol. The highest BCUT2D eigenvalue weighted by molar-refractivity contribution is 8.00. The maximum absolute atomic E-state index is 12.7. The molecule has 1 aliphatic rings. The second-order valence-corrected chi connectivity index (χ2v) is 6.99.